The van der Waals surface area contributed by atoms with Gasteiger partial charge >= 0.3 is 0 Å². The van der Waals surface area contributed by atoms with Gasteiger partial charge < -0.3 is 0 Å². The number of hydrogen-bond acceptors (Lipinski definition) is 0. The maximum atomic E-state index is 3.54. The van der Waals surface area contributed by atoms with Crippen molar-refractivity contribution in [2.75, 3.05) is 5.33 Å². The Balaban J connectivity index is 2.13. The van der Waals surface area contributed by atoms with E-state index in [9.17, 15) is 0 Å². The third kappa shape index (κ3) is 3.59. The molecule has 0 unspecified atom stereocenters. The molecule has 66 valence electrons. The molecule has 0 spiro atoms. The van der Waals surface area contributed by atoms with Crippen molar-refractivity contribution < 1.29 is 0 Å². The van der Waals surface area contributed by atoms with Crippen LogP contribution in [0.4, 0.5) is 0 Å². The Morgan fingerprint density at radius 1 is 1.27 bits per heavy atom. The first-order valence-electron chi connectivity index (χ1n) is 4.89. The Labute approximate surface area is 78.9 Å². The highest BCUT2D eigenvalue weighted by Crippen LogP contribution is 2.29. The Bertz CT molecular complexity index is 95.0. The van der Waals surface area contributed by atoms with Crippen molar-refractivity contribution in [3.8, 4) is 0 Å². The molecular formula is C10H19Br. The Morgan fingerprint density at radius 3 is 2.45 bits per heavy atom. The van der Waals surface area contributed by atoms with Gasteiger partial charge in [-0.1, -0.05) is 55.0 Å². The van der Waals surface area contributed by atoms with Gasteiger partial charge in [0.2, 0.25) is 0 Å². The third-order valence-electron chi connectivity index (χ3n) is 2.72. The van der Waals surface area contributed by atoms with Gasteiger partial charge in [0, 0.05) is 5.33 Å². The predicted octanol–water partition coefficient (Wildman–Crippen LogP) is 3.99. The fourth-order valence-corrected chi connectivity index (χ4v) is 2.32. The average molecular weight is 219 g/mol. The minimum absolute atomic E-state index is 0.887. The highest BCUT2D eigenvalue weighted by atomic mass is 79.9. The van der Waals surface area contributed by atoms with Gasteiger partial charge in [0.15, 0.2) is 0 Å². The Morgan fingerprint density at radius 2 is 1.91 bits per heavy atom. The number of hydrogen-bond donors (Lipinski definition) is 0. The zero-order chi connectivity index (χ0) is 8.10. The van der Waals surface area contributed by atoms with Crippen LogP contribution in [0.25, 0.3) is 0 Å². The zero-order valence-electron chi connectivity index (χ0n) is 7.48. The van der Waals surface area contributed by atoms with E-state index in [1.807, 2.05) is 0 Å². The SMILES string of the molecule is C[C@H](CBr)CC1CCCCC1. The van der Waals surface area contributed by atoms with Gasteiger partial charge in [-0.15, -0.1) is 0 Å². The molecular weight excluding hydrogens is 200 g/mol. The summed E-state index contributed by atoms with van der Waals surface area (Å²) in [6.07, 6.45) is 8.90. The molecule has 0 N–H and O–H groups in total. The molecule has 0 aliphatic heterocycles. The van der Waals surface area contributed by atoms with Crippen LogP contribution >= 0.6 is 15.9 Å². The first kappa shape index (κ1) is 9.57. The molecule has 1 fully saturated rings. The van der Waals surface area contributed by atoms with Gasteiger partial charge in [0.1, 0.15) is 0 Å². The summed E-state index contributed by atoms with van der Waals surface area (Å²) in [5.41, 5.74) is 0. The quantitative estimate of drug-likeness (QED) is 0.629. The van der Waals surface area contributed by atoms with Crippen molar-refractivity contribution in [3.63, 3.8) is 0 Å². The number of alkyl halides is 1. The van der Waals surface area contributed by atoms with Gasteiger partial charge in [-0.3, -0.25) is 0 Å². The lowest BCUT2D eigenvalue weighted by molar-refractivity contribution is 0.307. The largest absolute Gasteiger partial charge is 0.0925 e. The fraction of sp³-hybridized carbons (Fsp3) is 1.00. The van der Waals surface area contributed by atoms with Crippen molar-refractivity contribution in [2.45, 2.75) is 45.4 Å². The molecule has 1 saturated carbocycles. The molecule has 0 bridgehead atoms. The van der Waals surface area contributed by atoms with Crippen molar-refractivity contribution in [3.05, 3.63) is 0 Å². The molecule has 1 atom stereocenters. The van der Waals surface area contributed by atoms with Gasteiger partial charge in [0.25, 0.3) is 0 Å². The van der Waals surface area contributed by atoms with E-state index in [1.54, 1.807) is 0 Å². The minimum atomic E-state index is 0.887. The lowest BCUT2D eigenvalue weighted by Crippen LogP contribution is -2.10. The van der Waals surface area contributed by atoms with Crippen LogP contribution in [0.3, 0.4) is 0 Å². The fourth-order valence-electron chi connectivity index (χ4n) is 2.05. The van der Waals surface area contributed by atoms with Crippen molar-refractivity contribution >= 4 is 15.9 Å². The molecule has 0 aromatic rings. The van der Waals surface area contributed by atoms with Crippen molar-refractivity contribution in [1.82, 2.24) is 0 Å². The van der Waals surface area contributed by atoms with E-state index in [2.05, 4.69) is 22.9 Å². The summed E-state index contributed by atoms with van der Waals surface area (Å²) in [7, 11) is 0. The molecule has 1 heteroatoms. The molecule has 1 aliphatic rings. The second kappa shape index (κ2) is 5.18. The van der Waals surface area contributed by atoms with Crippen LogP contribution in [-0.2, 0) is 0 Å². The van der Waals surface area contributed by atoms with Crippen LogP contribution in [0.2, 0.25) is 0 Å². The van der Waals surface area contributed by atoms with E-state index < -0.39 is 0 Å². The maximum Gasteiger partial charge on any atom is 0.00571 e. The van der Waals surface area contributed by atoms with E-state index in [1.165, 1.54) is 43.9 Å². The summed E-state index contributed by atoms with van der Waals surface area (Å²) in [4.78, 5) is 0. The van der Waals surface area contributed by atoms with E-state index in [-0.39, 0.29) is 0 Å². The molecule has 0 aromatic carbocycles. The van der Waals surface area contributed by atoms with Crippen LogP contribution < -0.4 is 0 Å². The van der Waals surface area contributed by atoms with Crippen LogP contribution in [-0.4, -0.2) is 5.33 Å². The molecule has 1 aliphatic carbocycles. The normalized spacial score (nSPS) is 23.5. The molecule has 0 nitrogen and oxygen atoms in total. The van der Waals surface area contributed by atoms with E-state index in [4.69, 9.17) is 0 Å². The standard InChI is InChI=1S/C10H19Br/c1-9(8-11)7-10-5-3-2-4-6-10/h9-10H,2-8H2,1H3/t9-/m0/s1. The summed E-state index contributed by atoms with van der Waals surface area (Å²) < 4.78 is 0. The molecule has 0 heterocycles. The second-order valence-corrected chi connectivity index (χ2v) is 4.65. The van der Waals surface area contributed by atoms with E-state index >= 15 is 0 Å². The Kier molecular flexibility index (Phi) is 4.51. The van der Waals surface area contributed by atoms with Crippen LogP contribution in [0.5, 0.6) is 0 Å². The van der Waals surface area contributed by atoms with Crippen LogP contribution in [0, 0.1) is 11.8 Å². The molecule has 0 aromatic heterocycles. The van der Waals surface area contributed by atoms with Gasteiger partial charge in [-0.2, -0.15) is 0 Å². The highest BCUT2D eigenvalue weighted by Gasteiger charge is 2.15. The topological polar surface area (TPSA) is 0 Å². The number of halogens is 1. The third-order valence-corrected chi connectivity index (χ3v) is 3.83. The zero-order valence-corrected chi connectivity index (χ0v) is 9.07. The predicted molar refractivity (Wildman–Crippen MR) is 54.2 cm³/mol. The maximum absolute atomic E-state index is 3.54. The van der Waals surface area contributed by atoms with Crippen LogP contribution in [0.1, 0.15) is 45.4 Å². The van der Waals surface area contributed by atoms with Crippen LogP contribution in [0.15, 0.2) is 0 Å². The lowest BCUT2D eigenvalue weighted by Gasteiger charge is -2.23. The summed E-state index contributed by atoms with van der Waals surface area (Å²) in [5.74, 6) is 1.94. The average Bonchev–Trinajstić information content (AvgIpc) is 2.06. The van der Waals surface area contributed by atoms with Crippen molar-refractivity contribution in [1.29, 1.82) is 0 Å². The van der Waals surface area contributed by atoms with Gasteiger partial charge in [-0.25, -0.2) is 0 Å². The summed E-state index contributed by atoms with van der Waals surface area (Å²) in [5, 5.41) is 1.18. The highest BCUT2D eigenvalue weighted by molar-refractivity contribution is 9.09. The van der Waals surface area contributed by atoms with E-state index in [0.29, 0.717) is 0 Å². The first-order valence-corrected chi connectivity index (χ1v) is 6.01. The molecule has 0 radical (unpaired) electrons. The lowest BCUT2D eigenvalue weighted by atomic mass is 9.84. The summed E-state index contributed by atoms with van der Waals surface area (Å²) in [6, 6.07) is 0. The van der Waals surface area contributed by atoms with Gasteiger partial charge in [0.05, 0.1) is 0 Å². The monoisotopic (exact) mass is 218 g/mol. The second-order valence-electron chi connectivity index (χ2n) is 4.00. The van der Waals surface area contributed by atoms with Crippen molar-refractivity contribution in [2.24, 2.45) is 11.8 Å². The smallest absolute Gasteiger partial charge is 0.00571 e. The minimum Gasteiger partial charge on any atom is -0.0925 e. The van der Waals surface area contributed by atoms with E-state index in [0.717, 1.165) is 11.8 Å². The summed E-state index contributed by atoms with van der Waals surface area (Å²) in [6.45, 7) is 2.35. The molecule has 1 rings (SSSR count). The Hall–Kier alpha value is 0.480. The van der Waals surface area contributed by atoms with Gasteiger partial charge in [-0.05, 0) is 18.3 Å². The molecule has 0 amide bonds. The number of rotatable bonds is 3. The summed E-state index contributed by atoms with van der Waals surface area (Å²) >= 11 is 3.54. The molecule has 0 saturated heterocycles. The first-order chi connectivity index (χ1) is 5.33. The molecule has 11 heavy (non-hydrogen) atoms.